The van der Waals surface area contributed by atoms with Crippen molar-refractivity contribution in [3.8, 4) is 28.5 Å². The van der Waals surface area contributed by atoms with Crippen molar-refractivity contribution in [3.05, 3.63) is 69.3 Å². The second kappa shape index (κ2) is 7.18. The van der Waals surface area contributed by atoms with Crippen LogP contribution in [0.5, 0.6) is 0 Å². The van der Waals surface area contributed by atoms with Gasteiger partial charge in [-0.05, 0) is 60.6 Å². The van der Waals surface area contributed by atoms with Crippen LogP contribution in [-0.4, -0.2) is 20.0 Å². The Bertz CT molecular complexity index is 1440. The Labute approximate surface area is 179 Å². The summed E-state index contributed by atoms with van der Waals surface area (Å²) in [6.45, 7) is 2.21. The summed E-state index contributed by atoms with van der Waals surface area (Å²) in [6.07, 6.45) is 4.19. The van der Waals surface area contributed by atoms with Gasteiger partial charge in [0.05, 0.1) is 28.5 Å². The lowest BCUT2D eigenvalue weighted by Gasteiger charge is -2.13. The molecule has 0 saturated heterocycles. The zero-order valence-corrected chi connectivity index (χ0v) is 17.4. The topological polar surface area (TPSA) is 113 Å². The number of hydrogen-bond donors (Lipinski definition) is 2. The van der Waals surface area contributed by atoms with Crippen molar-refractivity contribution in [1.29, 1.82) is 5.26 Å². The highest BCUT2D eigenvalue weighted by Crippen LogP contribution is 2.44. The first-order valence-corrected chi connectivity index (χ1v) is 10.3. The molecule has 7 nitrogen and oxygen atoms in total. The summed E-state index contributed by atoms with van der Waals surface area (Å²) in [5, 5.41) is 22.3. The van der Waals surface area contributed by atoms with E-state index in [9.17, 15) is 10.1 Å². The Morgan fingerprint density at radius 3 is 2.74 bits per heavy atom. The monoisotopic (exact) mass is 410 g/mol. The number of nitriles is 1. The van der Waals surface area contributed by atoms with E-state index in [4.69, 9.17) is 5.73 Å². The molecular formula is C24H22N6O. The largest absolute Gasteiger partial charge is 0.325 e. The Morgan fingerprint density at radius 1 is 1.23 bits per heavy atom. The lowest BCUT2D eigenvalue weighted by molar-refractivity contribution is 0.775. The average Bonchev–Trinajstić information content (AvgIpc) is 3.55. The average molecular weight is 410 g/mol. The maximum atomic E-state index is 12.2. The fraction of sp³-hybridized carbons (Fsp3) is 0.250. The van der Waals surface area contributed by atoms with E-state index in [-0.39, 0.29) is 12.1 Å². The second-order valence-electron chi connectivity index (χ2n) is 8.14. The van der Waals surface area contributed by atoms with Gasteiger partial charge in [-0.2, -0.15) is 15.5 Å². The van der Waals surface area contributed by atoms with E-state index >= 15 is 0 Å². The summed E-state index contributed by atoms with van der Waals surface area (Å²) in [5.41, 5.74) is 12.7. The summed E-state index contributed by atoms with van der Waals surface area (Å²) in [4.78, 5) is 12.2. The third kappa shape index (κ3) is 3.13. The smallest absolute Gasteiger partial charge is 0.272 e. The summed E-state index contributed by atoms with van der Waals surface area (Å²) in [6, 6.07) is 12.3. The predicted molar refractivity (Wildman–Crippen MR) is 119 cm³/mol. The van der Waals surface area contributed by atoms with E-state index in [1.807, 2.05) is 30.8 Å². The minimum atomic E-state index is -0.246. The minimum absolute atomic E-state index is 0.220. The standard InChI is InChI=1S/C24H22N6O/c1-13-7-16(14-3-4-14)9-19(20(13)10-25)23-21(12-27-30(23)2)15-5-6-17-18(8-15)22(11-26)28-29-24(17)31/h5-9,12,14H,3-4,11,26H2,1-2H3,(H,29,31). The molecule has 0 atom stereocenters. The first-order valence-electron chi connectivity index (χ1n) is 10.3. The fourth-order valence-electron chi connectivity index (χ4n) is 4.31. The summed E-state index contributed by atoms with van der Waals surface area (Å²) >= 11 is 0. The molecule has 2 heterocycles. The number of aryl methyl sites for hydroxylation is 2. The van der Waals surface area contributed by atoms with Crippen LogP contribution in [-0.2, 0) is 13.6 Å². The fourth-order valence-corrected chi connectivity index (χ4v) is 4.31. The van der Waals surface area contributed by atoms with E-state index in [0.717, 1.165) is 33.3 Å². The third-order valence-corrected chi connectivity index (χ3v) is 6.08. The number of nitrogens with zero attached hydrogens (tertiary/aromatic N) is 4. The van der Waals surface area contributed by atoms with Crippen LogP contribution in [0.3, 0.4) is 0 Å². The van der Waals surface area contributed by atoms with Gasteiger partial charge in [0.15, 0.2) is 0 Å². The molecule has 1 saturated carbocycles. The van der Waals surface area contributed by atoms with Gasteiger partial charge in [0.2, 0.25) is 0 Å². The molecule has 1 fully saturated rings. The molecular weight excluding hydrogens is 388 g/mol. The Morgan fingerprint density at radius 2 is 2.03 bits per heavy atom. The lowest BCUT2D eigenvalue weighted by Crippen LogP contribution is -2.13. The van der Waals surface area contributed by atoms with Gasteiger partial charge in [-0.15, -0.1) is 0 Å². The van der Waals surface area contributed by atoms with Gasteiger partial charge in [0.25, 0.3) is 5.56 Å². The molecule has 0 spiro atoms. The van der Waals surface area contributed by atoms with E-state index < -0.39 is 0 Å². The first kappa shape index (κ1) is 19.2. The summed E-state index contributed by atoms with van der Waals surface area (Å²) in [7, 11) is 1.89. The zero-order chi connectivity index (χ0) is 21.7. The van der Waals surface area contributed by atoms with E-state index in [1.165, 1.54) is 18.4 Å². The number of rotatable bonds is 4. The number of nitrogens with one attached hydrogen (secondary N) is 1. The molecule has 31 heavy (non-hydrogen) atoms. The zero-order valence-electron chi connectivity index (χ0n) is 17.4. The van der Waals surface area contributed by atoms with Crippen LogP contribution in [0.2, 0.25) is 0 Å². The number of aromatic nitrogens is 4. The van der Waals surface area contributed by atoms with Crippen molar-refractivity contribution in [2.24, 2.45) is 12.8 Å². The van der Waals surface area contributed by atoms with Crippen molar-refractivity contribution >= 4 is 10.8 Å². The van der Waals surface area contributed by atoms with Crippen LogP contribution in [0.1, 0.15) is 41.1 Å². The minimum Gasteiger partial charge on any atom is -0.325 e. The number of aromatic amines is 1. The van der Waals surface area contributed by atoms with Crippen molar-refractivity contribution in [2.75, 3.05) is 0 Å². The van der Waals surface area contributed by atoms with Gasteiger partial charge in [-0.25, -0.2) is 5.10 Å². The van der Waals surface area contributed by atoms with Crippen LogP contribution >= 0.6 is 0 Å². The van der Waals surface area contributed by atoms with Gasteiger partial charge in [0, 0.05) is 30.1 Å². The maximum absolute atomic E-state index is 12.2. The van der Waals surface area contributed by atoms with Crippen molar-refractivity contribution in [2.45, 2.75) is 32.2 Å². The molecule has 1 aliphatic rings. The predicted octanol–water partition coefficient (Wildman–Crippen LogP) is 3.51. The molecule has 4 aromatic rings. The summed E-state index contributed by atoms with van der Waals surface area (Å²) < 4.78 is 1.81. The number of benzene rings is 2. The molecule has 0 aliphatic heterocycles. The number of hydrogen-bond acceptors (Lipinski definition) is 5. The maximum Gasteiger partial charge on any atom is 0.272 e. The van der Waals surface area contributed by atoms with E-state index in [0.29, 0.717) is 22.6 Å². The SMILES string of the molecule is Cc1cc(C2CC2)cc(-c2c(-c3ccc4c(=O)[nH]nc(CN)c4c3)cnn2C)c1C#N. The van der Waals surface area contributed by atoms with E-state index in [1.54, 1.807) is 12.3 Å². The highest BCUT2D eigenvalue weighted by atomic mass is 16.1. The Kier molecular flexibility index (Phi) is 4.45. The van der Waals surface area contributed by atoms with Crippen LogP contribution < -0.4 is 11.3 Å². The Hall–Kier alpha value is -3.76. The molecule has 2 aromatic heterocycles. The van der Waals surface area contributed by atoms with Crippen molar-refractivity contribution in [3.63, 3.8) is 0 Å². The Balaban J connectivity index is 1.76. The normalized spacial score (nSPS) is 13.5. The molecule has 5 rings (SSSR count). The molecule has 2 aromatic carbocycles. The first-order chi connectivity index (χ1) is 15.0. The third-order valence-electron chi connectivity index (χ3n) is 6.08. The van der Waals surface area contributed by atoms with Crippen molar-refractivity contribution < 1.29 is 0 Å². The van der Waals surface area contributed by atoms with Crippen LogP contribution in [0.4, 0.5) is 0 Å². The van der Waals surface area contributed by atoms with Gasteiger partial charge >= 0.3 is 0 Å². The highest BCUT2D eigenvalue weighted by molar-refractivity contribution is 5.92. The van der Waals surface area contributed by atoms with Crippen LogP contribution in [0, 0.1) is 18.3 Å². The number of nitrogens with two attached hydrogens (primary N) is 1. The van der Waals surface area contributed by atoms with Gasteiger partial charge in [0.1, 0.15) is 6.07 Å². The molecule has 7 heteroatoms. The number of H-pyrrole nitrogens is 1. The molecule has 0 bridgehead atoms. The molecule has 0 radical (unpaired) electrons. The molecule has 154 valence electrons. The molecule has 1 aliphatic carbocycles. The lowest BCUT2D eigenvalue weighted by atomic mass is 9.92. The highest BCUT2D eigenvalue weighted by Gasteiger charge is 2.26. The van der Waals surface area contributed by atoms with E-state index in [2.05, 4.69) is 33.5 Å². The molecule has 0 unspecified atom stereocenters. The van der Waals surface area contributed by atoms with Crippen LogP contribution in [0.25, 0.3) is 33.2 Å². The van der Waals surface area contributed by atoms with Gasteiger partial charge in [-0.3, -0.25) is 9.48 Å². The van der Waals surface area contributed by atoms with Gasteiger partial charge < -0.3 is 5.73 Å². The van der Waals surface area contributed by atoms with Gasteiger partial charge in [-0.1, -0.05) is 12.1 Å². The summed E-state index contributed by atoms with van der Waals surface area (Å²) in [5.74, 6) is 0.576. The molecule has 0 amide bonds. The quantitative estimate of drug-likeness (QED) is 0.534. The number of fused-ring (bicyclic) bond motifs is 1. The molecule has 3 N–H and O–H groups in total. The van der Waals surface area contributed by atoms with Crippen LogP contribution in [0.15, 0.2) is 41.3 Å². The van der Waals surface area contributed by atoms with Crippen molar-refractivity contribution in [1.82, 2.24) is 20.0 Å². The second-order valence-corrected chi connectivity index (χ2v) is 8.14.